The third kappa shape index (κ3) is 2.73. The molecule has 0 spiro atoms. The van der Waals surface area contributed by atoms with Crippen LogP contribution >= 0.6 is 0 Å². The van der Waals surface area contributed by atoms with Gasteiger partial charge in [0.2, 0.25) is 13.7 Å². The Morgan fingerprint density at radius 2 is 2.00 bits per heavy atom. The van der Waals surface area contributed by atoms with Gasteiger partial charge >= 0.3 is 0 Å². The molecule has 1 heterocycles. The average molecular weight is 198 g/mol. The largest absolute Gasteiger partial charge is 0.539 e. The first-order valence-electron chi connectivity index (χ1n) is 4.17. The molecule has 4 heteroatoms. The highest BCUT2D eigenvalue weighted by molar-refractivity contribution is 6.70. The van der Waals surface area contributed by atoms with E-state index in [4.69, 9.17) is 8.84 Å². The van der Waals surface area contributed by atoms with Crippen LogP contribution in [-0.2, 0) is 0 Å². The van der Waals surface area contributed by atoms with E-state index in [0.717, 1.165) is 0 Å². The van der Waals surface area contributed by atoms with Gasteiger partial charge in [-0.1, -0.05) is 0 Å². The summed E-state index contributed by atoms with van der Waals surface area (Å²) in [6.45, 7) is 7.81. The van der Waals surface area contributed by atoms with Crippen molar-refractivity contribution in [3.05, 3.63) is 28.3 Å². The van der Waals surface area contributed by atoms with E-state index in [1.165, 1.54) is 12.3 Å². The molecule has 0 bridgehead atoms. The van der Waals surface area contributed by atoms with E-state index in [-0.39, 0.29) is 5.43 Å². The Morgan fingerprint density at radius 3 is 2.46 bits per heavy atom. The molecule has 0 aliphatic carbocycles. The standard InChI is InChI=1S/C9H14O3Si/c1-7-9(12-13(2,3)4)8(10)5-6-11-7/h5-6H,1-4H3. The molecule has 0 aromatic carbocycles. The molecular weight excluding hydrogens is 184 g/mol. The number of rotatable bonds is 2. The van der Waals surface area contributed by atoms with Gasteiger partial charge in [0.05, 0.1) is 6.26 Å². The lowest BCUT2D eigenvalue weighted by Crippen LogP contribution is -2.32. The Morgan fingerprint density at radius 1 is 1.38 bits per heavy atom. The Balaban J connectivity index is 3.08. The Bertz CT molecular complexity index is 349. The molecule has 0 saturated heterocycles. The second kappa shape index (κ2) is 3.37. The maximum absolute atomic E-state index is 11.4. The van der Waals surface area contributed by atoms with Crippen molar-refractivity contribution in [2.24, 2.45) is 0 Å². The normalized spacial score (nSPS) is 11.4. The summed E-state index contributed by atoms with van der Waals surface area (Å²) in [6.07, 6.45) is 1.38. The van der Waals surface area contributed by atoms with Gasteiger partial charge in [0.1, 0.15) is 5.76 Å². The van der Waals surface area contributed by atoms with Gasteiger partial charge in [0, 0.05) is 6.07 Å². The summed E-state index contributed by atoms with van der Waals surface area (Å²) in [6, 6.07) is 1.38. The van der Waals surface area contributed by atoms with E-state index >= 15 is 0 Å². The number of aryl methyl sites for hydroxylation is 1. The fraction of sp³-hybridized carbons (Fsp3) is 0.444. The third-order valence-electron chi connectivity index (χ3n) is 1.42. The van der Waals surface area contributed by atoms with Gasteiger partial charge in [0.25, 0.3) is 0 Å². The average Bonchev–Trinajstić information content (AvgIpc) is 1.95. The highest BCUT2D eigenvalue weighted by Gasteiger charge is 2.19. The van der Waals surface area contributed by atoms with Gasteiger partial charge < -0.3 is 8.84 Å². The lowest BCUT2D eigenvalue weighted by Gasteiger charge is -2.18. The van der Waals surface area contributed by atoms with Crippen LogP contribution in [-0.4, -0.2) is 8.32 Å². The molecule has 0 N–H and O–H groups in total. The molecule has 0 aliphatic heterocycles. The molecule has 0 unspecified atom stereocenters. The van der Waals surface area contributed by atoms with Crippen LogP contribution in [0.4, 0.5) is 0 Å². The van der Waals surface area contributed by atoms with E-state index < -0.39 is 8.32 Å². The fourth-order valence-corrected chi connectivity index (χ4v) is 1.79. The van der Waals surface area contributed by atoms with Crippen LogP contribution in [0.5, 0.6) is 5.75 Å². The molecule has 0 atom stereocenters. The first-order valence-corrected chi connectivity index (χ1v) is 7.58. The number of hydrogen-bond acceptors (Lipinski definition) is 3. The highest BCUT2D eigenvalue weighted by Crippen LogP contribution is 2.15. The molecule has 1 rings (SSSR count). The predicted octanol–water partition coefficient (Wildman–Crippen LogP) is 2.16. The minimum atomic E-state index is -1.72. The SMILES string of the molecule is Cc1occc(=O)c1O[Si](C)(C)C. The highest BCUT2D eigenvalue weighted by atomic mass is 28.4. The molecular formula is C9H14O3Si. The van der Waals surface area contributed by atoms with E-state index in [1.807, 2.05) is 19.6 Å². The molecule has 0 radical (unpaired) electrons. The zero-order valence-electron chi connectivity index (χ0n) is 8.38. The smallest absolute Gasteiger partial charge is 0.242 e. The van der Waals surface area contributed by atoms with E-state index in [2.05, 4.69) is 0 Å². The van der Waals surface area contributed by atoms with Crippen molar-refractivity contribution in [3.63, 3.8) is 0 Å². The lowest BCUT2D eigenvalue weighted by molar-refractivity contribution is 0.455. The van der Waals surface area contributed by atoms with Crippen LogP contribution in [0.15, 0.2) is 21.5 Å². The van der Waals surface area contributed by atoms with Crippen LogP contribution in [0, 0.1) is 6.92 Å². The first-order chi connectivity index (χ1) is 5.90. The van der Waals surface area contributed by atoms with Crippen molar-refractivity contribution in [1.29, 1.82) is 0 Å². The van der Waals surface area contributed by atoms with Crippen LogP contribution < -0.4 is 9.85 Å². The molecule has 72 valence electrons. The number of hydrogen-bond donors (Lipinski definition) is 0. The van der Waals surface area contributed by atoms with E-state index in [0.29, 0.717) is 11.5 Å². The fourth-order valence-electron chi connectivity index (χ4n) is 0.929. The van der Waals surface area contributed by atoms with Crippen molar-refractivity contribution in [2.75, 3.05) is 0 Å². The topological polar surface area (TPSA) is 39.4 Å². The molecule has 3 nitrogen and oxygen atoms in total. The van der Waals surface area contributed by atoms with Crippen LogP contribution in [0.3, 0.4) is 0 Å². The van der Waals surface area contributed by atoms with Crippen molar-refractivity contribution >= 4 is 8.32 Å². The summed E-state index contributed by atoms with van der Waals surface area (Å²) in [5.41, 5.74) is -0.105. The predicted molar refractivity (Wildman–Crippen MR) is 53.7 cm³/mol. The van der Waals surface area contributed by atoms with Gasteiger partial charge in [-0.2, -0.15) is 0 Å². The minimum absolute atomic E-state index is 0.105. The summed E-state index contributed by atoms with van der Waals surface area (Å²) in [4.78, 5) is 11.4. The molecule has 1 aromatic heterocycles. The molecule has 0 aliphatic rings. The summed E-state index contributed by atoms with van der Waals surface area (Å²) in [7, 11) is -1.72. The molecule has 0 amide bonds. The minimum Gasteiger partial charge on any atom is -0.539 e. The Labute approximate surface area is 78.5 Å². The van der Waals surface area contributed by atoms with Gasteiger partial charge in [-0.05, 0) is 26.6 Å². The van der Waals surface area contributed by atoms with Gasteiger partial charge in [-0.3, -0.25) is 4.79 Å². The maximum atomic E-state index is 11.4. The molecule has 0 saturated carbocycles. The molecule has 0 fully saturated rings. The molecule has 1 aromatic rings. The van der Waals surface area contributed by atoms with Crippen LogP contribution in [0.1, 0.15) is 5.76 Å². The lowest BCUT2D eigenvalue weighted by atomic mass is 10.4. The first kappa shape index (κ1) is 10.1. The van der Waals surface area contributed by atoms with Crippen LogP contribution in [0.2, 0.25) is 19.6 Å². The zero-order valence-corrected chi connectivity index (χ0v) is 9.38. The Hall–Kier alpha value is -1.03. The molecule has 13 heavy (non-hydrogen) atoms. The monoisotopic (exact) mass is 198 g/mol. The summed E-state index contributed by atoms with van der Waals surface area (Å²) in [5.74, 6) is 0.914. The van der Waals surface area contributed by atoms with Crippen molar-refractivity contribution < 1.29 is 8.84 Å². The van der Waals surface area contributed by atoms with E-state index in [9.17, 15) is 4.79 Å². The van der Waals surface area contributed by atoms with Gasteiger partial charge in [-0.25, -0.2) is 0 Å². The van der Waals surface area contributed by atoms with Gasteiger partial charge in [0.15, 0.2) is 5.75 Å². The van der Waals surface area contributed by atoms with E-state index in [1.54, 1.807) is 6.92 Å². The summed E-state index contributed by atoms with van der Waals surface area (Å²) < 4.78 is 10.7. The zero-order chi connectivity index (χ0) is 10.1. The maximum Gasteiger partial charge on any atom is 0.242 e. The van der Waals surface area contributed by atoms with Gasteiger partial charge in [-0.15, -0.1) is 0 Å². The second-order valence-corrected chi connectivity index (χ2v) is 8.31. The summed E-state index contributed by atoms with van der Waals surface area (Å²) >= 11 is 0. The van der Waals surface area contributed by atoms with Crippen molar-refractivity contribution in [3.8, 4) is 5.75 Å². The quantitative estimate of drug-likeness (QED) is 0.684. The third-order valence-corrected chi connectivity index (χ3v) is 2.23. The van der Waals surface area contributed by atoms with Crippen molar-refractivity contribution in [1.82, 2.24) is 0 Å². The second-order valence-electron chi connectivity index (χ2n) is 3.88. The van der Waals surface area contributed by atoms with Crippen LogP contribution in [0.25, 0.3) is 0 Å². The Kier molecular flexibility index (Phi) is 2.61. The summed E-state index contributed by atoms with van der Waals surface area (Å²) in [5, 5.41) is 0. The van der Waals surface area contributed by atoms with Crippen molar-refractivity contribution in [2.45, 2.75) is 26.6 Å².